The van der Waals surface area contributed by atoms with Gasteiger partial charge in [-0.2, -0.15) is 0 Å². The van der Waals surface area contributed by atoms with E-state index in [9.17, 15) is 9.59 Å². The van der Waals surface area contributed by atoms with Crippen LogP contribution in [0.1, 0.15) is 6.42 Å². The third-order valence-corrected chi connectivity index (χ3v) is 3.90. The van der Waals surface area contributed by atoms with Crippen molar-refractivity contribution in [3.8, 4) is 0 Å². The lowest BCUT2D eigenvalue weighted by atomic mass is 10.2. The van der Waals surface area contributed by atoms with Gasteiger partial charge in [0.05, 0.1) is 0 Å². The summed E-state index contributed by atoms with van der Waals surface area (Å²) in [6, 6.07) is 6.80. The van der Waals surface area contributed by atoms with E-state index >= 15 is 0 Å². The summed E-state index contributed by atoms with van der Waals surface area (Å²) < 4.78 is 0. The van der Waals surface area contributed by atoms with Crippen molar-refractivity contribution >= 4 is 46.0 Å². The number of carbonyl (C=O) groups is 2. The average molecular weight is 298 g/mol. The Morgan fingerprint density at radius 3 is 2.74 bits per heavy atom. The van der Waals surface area contributed by atoms with Gasteiger partial charge in [-0.1, -0.05) is 23.4 Å². The maximum absolute atomic E-state index is 11.8. The molecule has 1 fully saturated rings. The first-order chi connectivity index (χ1) is 9.08. The number of carbonyl (C=O) groups excluding carboxylic acids is 2. The molecule has 1 heterocycles. The molecule has 19 heavy (non-hydrogen) atoms. The van der Waals surface area contributed by atoms with E-state index in [1.165, 1.54) is 11.8 Å². The van der Waals surface area contributed by atoms with Gasteiger partial charge in [0.2, 0.25) is 11.8 Å². The van der Waals surface area contributed by atoms with Crippen LogP contribution in [0.3, 0.4) is 0 Å². The summed E-state index contributed by atoms with van der Waals surface area (Å²) >= 11 is 7.02. The van der Waals surface area contributed by atoms with Gasteiger partial charge in [-0.15, -0.1) is 0 Å². The van der Waals surface area contributed by atoms with Crippen molar-refractivity contribution in [3.63, 3.8) is 0 Å². The van der Waals surface area contributed by atoms with Crippen molar-refractivity contribution in [2.24, 2.45) is 4.99 Å². The molecule has 1 aromatic carbocycles. The Morgan fingerprint density at radius 2 is 2.16 bits per heavy atom. The Bertz CT molecular complexity index is 530. The highest BCUT2D eigenvalue weighted by molar-refractivity contribution is 8.15. The molecule has 5 nitrogen and oxygen atoms in total. The molecular weight excluding hydrogens is 286 g/mol. The molecule has 0 unspecified atom stereocenters. The quantitative estimate of drug-likeness (QED) is 0.895. The van der Waals surface area contributed by atoms with Crippen LogP contribution in [0.4, 0.5) is 5.69 Å². The molecule has 0 bridgehead atoms. The number of thioether (sulfide) groups is 1. The van der Waals surface area contributed by atoms with Gasteiger partial charge in [0, 0.05) is 24.2 Å². The van der Waals surface area contributed by atoms with Gasteiger partial charge >= 0.3 is 0 Å². The fourth-order valence-corrected chi connectivity index (χ4v) is 2.62. The van der Waals surface area contributed by atoms with Crippen molar-refractivity contribution in [1.29, 1.82) is 0 Å². The predicted octanol–water partition coefficient (Wildman–Crippen LogP) is 1.89. The molecule has 1 atom stereocenters. The molecule has 2 rings (SSSR count). The largest absolute Gasteiger partial charge is 0.326 e. The number of amides is 2. The number of halogens is 1. The van der Waals surface area contributed by atoms with Gasteiger partial charge in [-0.25, -0.2) is 0 Å². The monoisotopic (exact) mass is 297 g/mol. The molecule has 7 heteroatoms. The fraction of sp³-hybridized carbons (Fsp3) is 0.250. The fourth-order valence-electron chi connectivity index (χ4n) is 1.56. The zero-order valence-electron chi connectivity index (χ0n) is 10.1. The van der Waals surface area contributed by atoms with Crippen molar-refractivity contribution in [3.05, 3.63) is 29.3 Å². The van der Waals surface area contributed by atoms with Crippen LogP contribution in [0, 0.1) is 0 Å². The van der Waals surface area contributed by atoms with Crippen molar-refractivity contribution in [2.45, 2.75) is 11.7 Å². The number of aliphatic imine (C=N–C) groups is 1. The first kappa shape index (κ1) is 13.9. The van der Waals surface area contributed by atoms with Gasteiger partial charge in [-0.05, 0) is 24.3 Å². The molecule has 1 aliphatic rings. The standard InChI is InChI=1S/C12H12ClN3O2S/c1-14-12-16-11(18)9(19-12)6-10(17)15-8-4-2-7(13)3-5-8/h2-5,9H,6H2,1H3,(H,15,17)(H,14,16,18)/t9-/m1/s1. The second-order valence-electron chi connectivity index (χ2n) is 3.88. The lowest BCUT2D eigenvalue weighted by Crippen LogP contribution is -2.28. The number of benzene rings is 1. The Kier molecular flexibility index (Phi) is 4.44. The Balaban J connectivity index is 1.91. The molecule has 0 spiro atoms. The predicted molar refractivity (Wildman–Crippen MR) is 77.6 cm³/mol. The van der Waals surface area contributed by atoms with Crippen molar-refractivity contribution in [2.75, 3.05) is 12.4 Å². The van der Waals surface area contributed by atoms with Crippen LogP contribution in [0.15, 0.2) is 29.3 Å². The molecule has 2 amide bonds. The highest BCUT2D eigenvalue weighted by atomic mass is 35.5. The second-order valence-corrected chi connectivity index (χ2v) is 5.51. The van der Waals surface area contributed by atoms with E-state index in [-0.39, 0.29) is 18.2 Å². The molecule has 2 N–H and O–H groups in total. The number of nitrogens with one attached hydrogen (secondary N) is 2. The van der Waals surface area contributed by atoms with Crippen molar-refractivity contribution in [1.82, 2.24) is 5.32 Å². The van der Waals surface area contributed by atoms with Crippen LogP contribution >= 0.6 is 23.4 Å². The molecule has 1 aromatic rings. The lowest BCUT2D eigenvalue weighted by Gasteiger charge is -2.07. The normalized spacial score (nSPS) is 20.4. The summed E-state index contributed by atoms with van der Waals surface area (Å²) in [5, 5.41) is 6.05. The highest BCUT2D eigenvalue weighted by Gasteiger charge is 2.31. The van der Waals surface area contributed by atoms with E-state index in [0.717, 1.165) is 0 Å². The molecular formula is C12H12ClN3O2S. The first-order valence-electron chi connectivity index (χ1n) is 5.58. The number of amidine groups is 1. The first-order valence-corrected chi connectivity index (χ1v) is 6.84. The smallest absolute Gasteiger partial charge is 0.240 e. The summed E-state index contributed by atoms with van der Waals surface area (Å²) in [5.74, 6) is -0.399. The average Bonchev–Trinajstić information content (AvgIpc) is 2.73. The van der Waals surface area contributed by atoms with Crippen LogP contribution in [0.5, 0.6) is 0 Å². The number of rotatable bonds is 3. The minimum Gasteiger partial charge on any atom is -0.326 e. The maximum Gasteiger partial charge on any atom is 0.240 e. The van der Waals surface area contributed by atoms with E-state index < -0.39 is 5.25 Å². The van der Waals surface area contributed by atoms with Crippen LogP contribution in [-0.2, 0) is 9.59 Å². The zero-order chi connectivity index (χ0) is 13.8. The molecule has 0 aromatic heterocycles. The summed E-state index contributed by atoms with van der Waals surface area (Å²) in [7, 11) is 1.60. The van der Waals surface area contributed by atoms with Crippen molar-refractivity contribution < 1.29 is 9.59 Å². The van der Waals surface area contributed by atoms with Crippen LogP contribution in [0.2, 0.25) is 5.02 Å². The van der Waals surface area contributed by atoms with E-state index in [1.807, 2.05) is 0 Å². The third kappa shape index (κ3) is 3.71. The van der Waals surface area contributed by atoms with Gasteiger partial charge in [-0.3, -0.25) is 14.6 Å². The molecule has 100 valence electrons. The second kappa shape index (κ2) is 6.08. The van der Waals surface area contributed by atoms with Gasteiger partial charge < -0.3 is 10.6 Å². The number of hydrogen-bond donors (Lipinski definition) is 2. The zero-order valence-corrected chi connectivity index (χ0v) is 11.7. The molecule has 0 radical (unpaired) electrons. The van der Waals surface area contributed by atoms with E-state index in [1.54, 1.807) is 31.3 Å². The van der Waals surface area contributed by atoms with Crippen LogP contribution < -0.4 is 10.6 Å². The van der Waals surface area contributed by atoms with E-state index in [2.05, 4.69) is 15.6 Å². The topological polar surface area (TPSA) is 70.6 Å². The summed E-state index contributed by atoms with van der Waals surface area (Å²) in [6.07, 6.45) is 0.109. The Morgan fingerprint density at radius 1 is 1.47 bits per heavy atom. The van der Waals surface area contributed by atoms with Gasteiger partial charge in [0.1, 0.15) is 5.25 Å². The van der Waals surface area contributed by atoms with Crippen LogP contribution in [0.25, 0.3) is 0 Å². The maximum atomic E-state index is 11.8. The van der Waals surface area contributed by atoms with Gasteiger partial charge in [0.15, 0.2) is 5.17 Å². The SMILES string of the molecule is CN=C1NC(=O)[C@@H](CC(=O)Nc2ccc(Cl)cc2)S1. The van der Waals surface area contributed by atoms with E-state index in [4.69, 9.17) is 11.6 Å². The molecule has 1 saturated heterocycles. The number of nitrogens with zero attached hydrogens (tertiary/aromatic N) is 1. The Hall–Kier alpha value is -1.53. The lowest BCUT2D eigenvalue weighted by molar-refractivity contribution is -0.122. The molecule has 1 aliphatic heterocycles. The molecule has 0 aliphatic carbocycles. The van der Waals surface area contributed by atoms with E-state index in [0.29, 0.717) is 15.9 Å². The highest BCUT2D eigenvalue weighted by Crippen LogP contribution is 2.22. The third-order valence-electron chi connectivity index (χ3n) is 2.48. The van der Waals surface area contributed by atoms with Gasteiger partial charge in [0.25, 0.3) is 0 Å². The summed E-state index contributed by atoms with van der Waals surface area (Å²) in [4.78, 5) is 27.3. The summed E-state index contributed by atoms with van der Waals surface area (Å²) in [5.41, 5.74) is 0.655. The minimum absolute atomic E-state index is 0.109. The summed E-state index contributed by atoms with van der Waals surface area (Å²) in [6.45, 7) is 0. The molecule has 0 saturated carbocycles. The number of anilines is 1. The minimum atomic E-state index is -0.425. The Labute approximate surface area is 119 Å². The number of hydrogen-bond acceptors (Lipinski definition) is 4. The van der Waals surface area contributed by atoms with Crippen LogP contribution in [-0.4, -0.2) is 29.3 Å².